The summed E-state index contributed by atoms with van der Waals surface area (Å²) in [5, 5.41) is 1.71. The van der Waals surface area contributed by atoms with Crippen LogP contribution in [0.4, 0.5) is 4.79 Å². The van der Waals surface area contributed by atoms with Crippen molar-refractivity contribution in [1.82, 2.24) is 4.90 Å². The predicted octanol–water partition coefficient (Wildman–Crippen LogP) is 5.32. The fourth-order valence-corrected chi connectivity index (χ4v) is 4.82. The molecule has 0 aromatic heterocycles. The van der Waals surface area contributed by atoms with E-state index in [0.29, 0.717) is 17.2 Å². The Kier molecular flexibility index (Phi) is 5.88. The number of carbonyl (C=O) groups excluding carboxylic acids is 2. The normalized spacial score (nSPS) is 16.4. The molecule has 3 aromatic rings. The molecule has 1 saturated heterocycles. The molecule has 0 saturated carbocycles. The summed E-state index contributed by atoms with van der Waals surface area (Å²) in [4.78, 5) is 26.9. The van der Waals surface area contributed by atoms with E-state index >= 15 is 0 Å². The van der Waals surface area contributed by atoms with E-state index in [4.69, 9.17) is 21.1 Å². The highest BCUT2D eigenvalue weighted by atomic mass is 35.5. The number of methoxy groups -OCH3 is 2. The molecule has 30 heavy (non-hydrogen) atoms. The average molecular weight is 442 g/mol. The van der Waals surface area contributed by atoms with Crippen LogP contribution >= 0.6 is 23.4 Å². The smallest absolute Gasteiger partial charge is 0.289 e. The van der Waals surface area contributed by atoms with Gasteiger partial charge < -0.3 is 9.47 Å². The van der Waals surface area contributed by atoms with E-state index in [2.05, 4.69) is 0 Å². The van der Waals surface area contributed by atoms with Gasteiger partial charge in [-0.2, -0.15) is 0 Å². The average Bonchev–Trinajstić information content (AvgIpc) is 3.02. The summed E-state index contributed by atoms with van der Waals surface area (Å²) >= 11 is 7.26. The van der Waals surface area contributed by atoms with Crippen molar-refractivity contribution in [3.8, 4) is 11.5 Å². The first-order valence-corrected chi connectivity index (χ1v) is 10.7. The molecule has 2 amide bonds. The van der Waals surface area contributed by atoms with Crippen LogP contribution in [0, 0.1) is 0 Å². The van der Waals surface area contributed by atoms with Gasteiger partial charge in [0.1, 0.15) is 11.5 Å². The maximum atomic E-state index is 13.1. The molecule has 0 bridgehead atoms. The second-order valence-electron chi connectivity index (χ2n) is 6.93. The highest BCUT2D eigenvalue weighted by molar-refractivity contribution is 8.15. The van der Waals surface area contributed by atoms with Crippen molar-refractivity contribution in [2.75, 3.05) is 14.2 Å². The first kappa shape index (κ1) is 20.6. The molecule has 1 aliphatic rings. The molecule has 1 heterocycles. The molecule has 1 fully saturated rings. The molecule has 4 rings (SSSR count). The number of carbonyl (C=O) groups is 2. The number of imide groups is 1. The standard InChI is InChI=1S/C23H20ClNO4S/c1-28-16-9-7-14-8-10-20(29-2)18(17(14)11-16)12-21-22(26)25(23(27)30-21)13-15-5-3-4-6-19(15)24/h3-11,21H,12-13H2,1-2H3/t21-/m1/s1. The van der Waals surface area contributed by atoms with E-state index in [0.717, 1.165) is 39.4 Å². The molecule has 0 N–H and O–H groups in total. The van der Waals surface area contributed by atoms with Crippen LogP contribution in [-0.2, 0) is 17.8 Å². The van der Waals surface area contributed by atoms with Crippen molar-refractivity contribution in [3.63, 3.8) is 0 Å². The molecule has 1 atom stereocenters. The Bertz CT molecular complexity index is 1130. The lowest BCUT2D eigenvalue weighted by molar-refractivity contribution is -0.127. The van der Waals surface area contributed by atoms with Crippen molar-refractivity contribution in [2.45, 2.75) is 18.2 Å². The van der Waals surface area contributed by atoms with Crippen LogP contribution in [0.3, 0.4) is 0 Å². The van der Waals surface area contributed by atoms with E-state index in [1.54, 1.807) is 20.3 Å². The van der Waals surface area contributed by atoms with Gasteiger partial charge in [0.05, 0.1) is 26.0 Å². The second-order valence-corrected chi connectivity index (χ2v) is 8.49. The summed E-state index contributed by atoms with van der Waals surface area (Å²) in [5.74, 6) is 1.19. The number of nitrogens with zero attached hydrogens (tertiary/aromatic N) is 1. The number of amides is 2. The number of hydrogen-bond donors (Lipinski definition) is 0. The SMILES string of the molecule is COc1ccc2ccc(OC)c(C[C@H]3SC(=O)N(Cc4ccccc4Cl)C3=O)c2c1. The number of ether oxygens (including phenoxy) is 2. The monoisotopic (exact) mass is 441 g/mol. The summed E-state index contributed by atoms with van der Waals surface area (Å²) in [6.07, 6.45) is 0.377. The summed E-state index contributed by atoms with van der Waals surface area (Å²) < 4.78 is 10.9. The van der Waals surface area contributed by atoms with Crippen LogP contribution in [-0.4, -0.2) is 35.5 Å². The van der Waals surface area contributed by atoms with E-state index in [1.807, 2.05) is 48.5 Å². The number of halogens is 1. The van der Waals surface area contributed by atoms with Gasteiger partial charge in [0.15, 0.2) is 0 Å². The zero-order valence-corrected chi connectivity index (χ0v) is 18.1. The minimum atomic E-state index is -0.523. The van der Waals surface area contributed by atoms with Crippen LogP contribution in [0.2, 0.25) is 5.02 Å². The van der Waals surface area contributed by atoms with Gasteiger partial charge in [-0.15, -0.1) is 0 Å². The number of hydrogen-bond acceptors (Lipinski definition) is 5. The van der Waals surface area contributed by atoms with E-state index in [9.17, 15) is 9.59 Å². The molecular formula is C23H20ClNO4S. The Balaban J connectivity index is 1.64. The van der Waals surface area contributed by atoms with Crippen molar-refractivity contribution in [1.29, 1.82) is 0 Å². The van der Waals surface area contributed by atoms with Crippen molar-refractivity contribution < 1.29 is 19.1 Å². The number of benzene rings is 3. The molecule has 0 aliphatic carbocycles. The van der Waals surface area contributed by atoms with Gasteiger partial charge in [-0.1, -0.05) is 53.7 Å². The van der Waals surface area contributed by atoms with Gasteiger partial charge in [0, 0.05) is 10.6 Å². The second kappa shape index (κ2) is 8.58. The molecule has 0 unspecified atom stereocenters. The topological polar surface area (TPSA) is 55.8 Å². The van der Waals surface area contributed by atoms with Gasteiger partial charge in [-0.05, 0) is 47.0 Å². The molecular weight excluding hydrogens is 422 g/mol. The highest BCUT2D eigenvalue weighted by Gasteiger charge is 2.40. The van der Waals surface area contributed by atoms with E-state index < -0.39 is 5.25 Å². The van der Waals surface area contributed by atoms with Gasteiger partial charge in [0.25, 0.3) is 5.24 Å². The third-order valence-electron chi connectivity index (χ3n) is 5.20. The maximum absolute atomic E-state index is 13.1. The van der Waals surface area contributed by atoms with Gasteiger partial charge in [-0.25, -0.2) is 0 Å². The van der Waals surface area contributed by atoms with Crippen molar-refractivity contribution in [2.24, 2.45) is 0 Å². The molecule has 3 aromatic carbocycles. The molecule has 0 radical (unpaired) electrons. The minimum absolute atomic E-state index is 0.168. The lowest BCUT2D eigenvalue weighted by Crippen LogP contribution is -2.31. The summed E-state index contributed by atoms with van der Waals surface area (Å²) in [5.41, 5.74) is 1.63. The predicted molar refractivity (Wildman–Crippen MR) is 120 cm³/mol. The molecule has 154 valence electrons. The zero-order chi connectivity index (χ0) is 21.3. The molecule has 1 aliphatic heterocycles. The van der Waals surface area contributed by atoms with Crippen LogP contribution in [0.1, 0.15) is 11.1 Å². The Morgan fingerprint density at radius 1 is 1.03 bits per heavy atom. The van der Waals surface area contributed by atoms with Crippen LogP contribution < -0.4 is 9.47 Å². The van der Waals surface area contributed by atoms with E-state index in [-0.39, 0.29) is 17.7 Å². The molecule has 0 spiro atoms. The lowest BCUT2D eigenvalue weighted by atomic mass is 9.98. The quantitative estimate of drug-likeness (QED) is 0.518. The van der Waals surface area contributed by atoms with Crippen LogP contribution in [0.5, 0.6) is 11.5 Å². The summed E-state index contributed by atoms with van der Waals surface area (Å²) in [6.45, 7) is 0.168. The fraction of sp³-hybridized carbons (Fsp3) is 0.217. The van der Waals surface area contributed by atoms with Crippen LogP contribution in [0.25, 0.3) is 10.8 Å². The Labute approximate surface area is 183 Å². The number of fused-ring (bicyclic) bond motifs is 1. The maximum Gasteiger partial charge on any atom is 0.289 e. The number of thioether (sulfide) groups is 1. The van der Waals surface area contributed by atoms with Gasteiger partial charge >= 0.3 is 0 Å². The number of rotatable bonds is 6. The molecule has 5 nitrogen and oxygen atoms in total. The lowest BCUT2D eigenvalue weighted by Gasteiger charge is -2.17. The Morgan fingerprint density at radius 2 is 1.80 bits per heavy atom. The summed E-state index contributed by atoms with van der Waals surface area (Å²) in [6, 6.07) is 16.9. The third kappa shape index (κ3) is 3.85. The molecule has 7 heteroatoms. The Hall–Kier alpha value is -2.70. The third-order valence-corrected chi connectivity index (χ3v) is 6.64. The minimum Gasteiger partial charge on any atom is -0.497 e. The van der Waals surface area contributed by atoms with Crippen LogP contribution in [0.15, 0.2) is 54.6 Å². The Morgan fingerprint density at radius 3 is 2.53 bits per heavy atom. The first-order valence-electron chi connectivity index (χ1n) is 9.41. The van der Waals surface area contributed by atoms with Crippen molar-refractivity contribution >= 4 is 45.3 Å². The van der Waals surface area contributed by atoms with E-state index in [1.165, 1.54) is 4.90 Å². The van der Waals surface area contributed by atoms with Gasteiger partial charge in [-0.3, -0.25) is 14.5 Å². The van der Waals surface area contributed by atoms with Gasteiger partial charge in [0.2, 0.25) is 5.91 Å². The zero-order valence-electron chi connectivity index (χ0n) is 16.6. The first-order chi connectivity index (χ1) is 14.5. The summed E-state index contributed by atoms with van der Waals surface area (Å²) in [7, 11) is 3.21. The fourth-order valence-electron chi connectivity index (χ4n) is 3.62. The van der Waals surface area contributed by atoms with Crippen molar-refractivity contribution in [3.05, 3.63) is 70.7 Å². The largest absolute Gasteiger partial charge is 0.497 e. The highest BCUT2D eigenvalue weighted by Crippen LogP contribution is 2.37.